The minimum atomic E-state index is -0.385. The normalized spacial score (nSPS) is 19.5. The molecule has 2 aliphatic rings. The fourth-order valence-corrected chi connectivity index (χ4v) is 3.47. The molecule has 0 bridgehead atoms. The number of urea groups is 1. The minimum absolute atomic E-state index is 0.150. The number of carbonyl (C=O) groups is 1. The summed E-state index contributed by atoms with van der Waals surface area (Å²) in [5.74, 6) is 0.287. The van der Waals surface area contributed by atoms with E-state index in [2.05, 4.69) is 10.6 Å². The third-order valence-electron chi connectivity index (χ3n) is 4.42. The largest absolute Gasteiger partial charge is 0.507 e. The van der Waals surface area contributed by atoms with Gasteiger partial charge in [0.2, 0.25) is 0 Å². The lowest BCUT2D eigenvalue weighted by molar-refractivity contribution is 0.223. The van der Waals surface area contributed by atoms with Crippen molar-refractivity contribution in [3.63, 3.8) is 0 Å². The van der Waals surface area contributed by atoms with E-state index in [1.807, 2.05) is 26.8 Å². The molecule has 4 heteroatoms. The Kier molecular flexibility index (Phi) is 4.76. The molecule has 116 valence electrons. The quantitative estimate of drug-likeness (QED) is 0.662. The number of amides is 2. The zero-order valence-electron chi connectivity index (χ0n) is 13.3. The molecule has 0 atom stereocenters. The highest BCUT2D eigenvalue weighted by Crippen LogP contribution is 2.46. The SMILES string of the molecule is CC.Cc1ccc(O)c2c1NC(=O)NC21CCCCCC1. The first-order valence-corrected chi connectivity index (χ1v) is 8.05. The lowest BCUT2D eigenvalue weighted by Gasteiger charge is -2.40. The lowest BCUT2D eigenvalue weighted by atomic mass is 9.79. The Morgan fingerprint density at radius 3 is 2.33 bits per heavy atom. The van der Waals surface area contributed by atoms with Gasteiger partial charge in [-0.15, -0.1) is 0 Å². The van der Waals surface area contributed by atoms with Gasteiger partial charge in [0.15, 0.2) is 0 Å². The summed E-state index contributed by atoms with van der Waals surface area (Å²) >= 11 is 0. The highest BCUT2D eigenvalue weighted by molar-refractivity contribution is 5.95. The highest BCUT2D eigenvalue weighted by atomic mass is 16.3. The van der Waals surface area contributed by atoms with E-state index < -0.39 is 0 Å². The van der Waals surface area contributed by atoms with Gasteiger partial charge in [-0.3, -0.25) is 0 Å². The van der Waals surface area contributed by atoms with Crippen LogP contribution in [-0.2, 0) is 5.54 Å². The van der Waals surface area contributed by atoms with Crippen molar-refractivity contribution in [1.29, 1.82) is 0 Å². The first-order chi connectivity index (χ1) is 10.1. The summed E-state index contributed by atoms with van der Waals surface area (Å²) in [5, 5.41) is 16.2. The second kappa shape index (κ2) is 6.37. The predicted octanol–water partition coefficient (Wildman–Crippen LogP) is 4.41. The van der Waals surface area contributed by atoms with Gasteiger partial charge in [0.05, 0.1) is 11.2 Å². The number of aryl methyl sites for hydroxylation is 1. The third kappa shape index (κ3) is 2.85. The van der Waals surface area contributed by atoms with Crippen molar-refractivity contribution in [1.82, 2.24) is 5.32 Å². The van der Waals surface area contributed by atoms with Crippen molar-refractivity contribution < 1.29 is 9.90 Å². The Bertz CT molecular complexity index is 518. The van der Waals surface area contributed by atoms with E-state index in [4.69, 9.17) is 0 Å². The van der Waals surface area contributed by atoms with Crippen LogP contribution in [-0.4, -0.2) is 11.1 Å². The van der Waals surface area contributed by atoms with E-state index in [9.17, 15) is 9.90 Å². The van der Waals surface area contributed by atoms with Crippen molar-refractivity contribution in [3.8, 4) is 5.75 Å². The molecular weight excluding hydrogens is 264 g/mol. The Hall–Kier alpha value is -1.71. The van der Waals surface area contributed by atoms with E-state index in [0.29, 0.717) is 0 Å². The Balaban J connectivity index is 0.000000774. The number of phenolic OH excluding ortho intramolecular Hbond substituents is 1. The number of phenols is 1. The topological polar surface area (TPSA) is 61.4 Å². The van der Waals surface area contributed by atoms with Crippen LogP contribution in [0.2, 0.25) is 0 Å². The fraction of sp³-hybridized carbons (Fsp3) is 0.588. The summed E-state index contributed by atoms with van der Waals surface area (Å²) in [6.45, 7) is 5.97. The van der Waals surface area contributed by atoms with Gasteiger partial charge < -0.3 is 15.7 Å². The zero-order valence-corrected chi connectivity index (χ0v) is 13.3. The summed E-state index contributed by atoms with van der Waals surface area (Å²) < 4.78 is 0. The molecule has 1 aliphatic heterocycles. The third-order valence-corrected chi connectivity index (χ3v) is 4.42. The number of anilines is 1. The maximum Gasteiger partial charge on any atom is 0.319 e. The Morgan fingerprint density at radius 1 is 1.10 bits per heavy atom. The average molecular weight is 290 g/mol. The second-order valence-corrected chi connectivity index (χ2v) is 5.73. The van der Waals surface area contributed by atoms with E-state index >= 15 is 0 Å². The number of carbonyl (C=O) groups excluding carboxylic acids is 1. The minimum Gasteiger partial charge on any atom is -0.507 e. The molecule has 3 rings (SSSR count). The number of benzene rings is 1. The van der Waals surface area contributed by atoms with Crippen LogP contribution in [0.5, 0.6) is 5.75 Å². The van der Waals surface area contributed by atoms with Crippen LogP contribution in [0.4, 0.5) is 10.5 Å². The maximum atomic E-state index is 12.0. The van der Waals surface area contributed by atoms with E-state index in [0.717, 1.165) is 42.5 Å². The van der Waals surface area contributed by atoms with Crippen molar-refractivity contribution in [2.45, 2.75) is 64.8 Å². The van der Waals surface area contributed by atoms with Gasteiger partial charge in [-0.2, -0.15) is 0 Å². The molecule has 1 aromatic rings. The summed E-state index contributed by atoms with van der Waals surface area (Å²) in [6, 6.07) is 3.44. The molecule has 1 fully saturated rings. The number of aromatic hydroxyl groups is 1. The van der Waals surface area contributed by atoms with Crippen molar-refractivity contribution >= 4 is 11.7 Å². The van der Waals surface area contributed by atoms with Gasteiger partial charge in [0, 0.05) is 5.56 Å². The van der Waals surface area contributed by atoms with Gasteiger partial charge in [0.25, 0.3) is 0 Å². The van der Waals surface area contributed by atoms with Crippen LogP contribution in [0.25, 0.3) is 0 Å². The predicted molar refractivity (Wildman–Crippen MR) is 85.7 cm³/mol. The van der Waals surface area contributed by atoms with Crippen molar-refractivity contribution in [2.24, 2.45) is 0 Å². The molecule has 1 spiro atoms. The van der Waals surface area contributed by atoms with Crippen LogP contribution in [0.1, 0.15) is 63.5 Å². The molecular formula is C17H26N2O2. The van der Waals surface area contributed by atoms with Crippen LogP contribution >= 0.6 is 0 Å². The Morgan fingerprint density at radius 2 is 1.71 bits per heavy atom. The monoisotopic (exact) mass is 290 g/mol. The van der Waals surface area contributed by atoms with Crippen LogP contribution < -0.4 is 10.6 Å². The van der Waals surface area contributed by atoms with Crippen molar-refractivity contribution in [2.75, 3.05) is 5.32 Å². The van der Waals surface area contributed by atoms with Crippen LogP contribution in [0.15, 0.2) is 12.1 Å². The van der Waals surface area contributed by atoms with Gasteiger partial charge in [0.1, 0.15) is 5.75 Å². The van der Waals surface area contributed by atoms with Crippen LogP contribution in [0, 0.1) is 6.92 Å². The summed E-state index contributed by atoms with van der Waals surface area (Å²) in [4.78, 5) is 12.0. The first-order valence-electron chi connectivity index (χ1n) is 8.05. The molecule has 3 N–H and O–H groups in total. The molecule has 0 saturated heterocycles. The maximum absolute atomic E-state index is 12.0. The summed E-state index contributed by atoms with van der Waals surface area (Å²) in [7, 11) is 0. The molecule has 4 nitrogen and oxygen atoms in total. The lowest BCUT2D eigenvalue weighted by Crippen LogP contribution is -2.51. The summed E-state index contributed by atoms with van der Waals surface area (Å²) in [6.07, 6.45) is 6.40. The number of rotatable bonds is 0. The molecule has 0 radical (unpaired) electrons. The molecule has 0 unspecified atom stereocenters. The van der Waals surface area contributed by atoms with Gasteiger partial charge >= 0.3 is 6.03 Å². The van der Waals surface area contributed by atoms with E-state index in [1.165, 1.54) is 12.8 Å². The number of hydrogen-bond acceptors (Lipinski definition) is 2. The molecule has 2 amide bonds. The molecule has 1 aliphatic carbocycles. The fourth-order valence-electron chi connectivity index (χ4n) is 3.47. The zero-order chi connectivity index (χ0) is 15.5. The smallest absolute Gasteiger partial charge is 0.319 e. The van der Waals surface area contributed by atoms with E-state index in [-0.39, 0.29) is 17.3 Å². The first kappa shape index (κ1) is 15.7. The molecule has 1 saturated carbocycles. The van der Waals surface area contributed by atoms with Gasteiger partial charge in [-0.25, -0.2) is 4.79 Å². The standard InChI is InChI=1S/C15H20N2O2.C2H6/c1-10-6-7-11(18)12-13(10)16-14(19)17-15(12)8-4-2-3-5-9-15;1-2/h6-7,18H,2-5,8-9H2,1H3,(H2,16,17,19);1-2H3. The van der Waals surface area contributed by atoms with E-state index in [1.54, 1.807) is 6.07 Å². The molecule has 1 heterocycles. The number of fused-ring (bicyclic) bond motifs is 2. The number of nitrogens with one attached hydrogen (secondary N) is 2. The second-order valence-electron chi connectivity index (χ2n) is 5.73. The van der Waals surface area contributed by atoms with Crippen LogP contribution in [0.3, 0.4) is 0 Å². The molecule has 0 aromatic heterocycles. The molecule has 21 heavy (non-hydrogen) atoms. The number of hydrogen-bond donors (Lipinski definition) is 3. The van der Waals surface area contributed by atoms with Gasteiger partial charge in [-0.05, 0) is 31.4 Å². The van der Waals surface area contributed by atoms with Crippen molar-refractivity contribution in [3.05, 3.63) is 23.3 Å². The highest BCUT2D eigenvalue weighted by Gasteiger charge is 2.42. The summed E-state index contributed by atoms with van der Waals surface area (Å²) in [5.41, 5.74) is 2.30. The Labute approximate surface area is 126 Å². The van der Waals surface area contributed by atoms with Gasteiger partial charge in [-0.1, -0.05) is 45.6 Å². The average Bonchev–Trinajstić information content (AvgIpc) is 2.71. The molecule has 1 aromatic carbocycles.